The Morgan fingerprint density at radius 1 is 0.885 bits per heavy atom. The molecule has 1 N–H and O–H groups in total. The van der Waals surface area contributed by atoms with Crippen LogP contribution in [0.1, 0.15) is 16.7 Å². The molecule has 0 fully saturated rings. The Hall–Kier alpha value is -2.17. The molecular formula is C22H21BrFNO. The van der Waals surface area contributed by atoms with Gasteiger partial charge in [0.2, 0.25) is 0 Å². The first-order valence-electron chi connectivity index (χ1n) is 8.61. The van der Waals surface area contributed by atoms with Crippen LogP contribution in [0.2, 0.25) is 0 Å². The molecule has 2 nitrogen and oxygen atoms in total. The molecule has 0 saturated heterocycles. The molecule has 0 spiro atoms. The number of hydrogen-bond acceptors (Lipinski definition) is 2. The molecule has 0 saturated carbocycles. The van der Waals surface area contributed by atoms with Crippen molar-refractivity contribution in [3.8, 4) is 5.75 Å². The number of ether oxygens (including phenoxy) is 1. The zero-order chi connectivity index (χ0) is 18.2. The summed E-state index contributed by atoms with van der Waals surface area (Å²) in [4.78, 5) is 0. The molecule has 0 radical (unpaired) electrons. The van der Waals surface area contributed by atoms with E-state index in [1.165, 1.54) is 11.6 Å². The van der Waals surface area contributed by atoms with E-state index >= 15 is 0 Å². The van der Waals surface area contributed by atoms with Gasteiger partial charge in [-0.15, -0.1) is 0 Å². The third kappa shape index (κ3) is 5.41. The van der Waals surface area contributed by atoms with Gasteiger partial charge in [0, 0.05) is 22.1 Å². The van der Waals surface area contributed by atoms with Crippen molar-refractivity contribution in [2.45, 2.75) is 19.6 Å². The van der Waals surface area contributed by atoms with Gasteiger partial charge in [0.25, 0.3) is 0 Å². The van der Waals surface area contributed by atoms with Gasteiger partial charge in [-0.3, -0.25) is 0 Å². The van der Waals surface area contributed by atoms with E-state index in [0.29, 0.717) is 12.1 Å². The maximum Gasteiger partial charge on any atom is 0.129 e. The number of hydrogen-bond donors (Lipinski definition) is 1. The summed E-state index contributed by atoms with van der Waals surface area (Å²) in [5.41, 5.74) is 2.91. The van der Waals surface area contributed by atoms with Gasteiger partial charge in [-0.1, -0.05) is 64.5 Å². The van der Waals surface area contributed by atoms with Crippen molar-refractivity contribution in [1.29, 1.82) is 0 Å². The molecular weight excluding hydrogens is 393 g/mol. The van der Waals surface area contributed by atoms with E-state index in [-0.39, 0.29) is 12.4 Å². The smallest absolute Gasteiger partial charge is 0.129 e. The molecule has 3 rings (SSSR count). The zero-order valence-electron chi connectivity index (χ0n) is 14.4. The molecule has 0 atom stereocenters. The molecule has 0 unspecified atom stereocenters. The number of rotatable bonds is 8. The summed E-state index contributed by atoms with van der Waals surface area (Å²) in [7, 11) is 0. The van der Waals surface area contributed by atoms with Crippen molar-refractivity contribution in [3.63, 3.8) is 0 Å². The predicted molar refractivity (Wildman–Crippen MR) is 107 cm³/mol. The maximum atomic E-state index is 13.8. The average molecular weight is 414 g/mol. The van der Waals surface area contributed by atoms with Gasteiger partial charge < -0.3 is 10.1 Å². The summed E-state index contributed by atoms with van der Waals surface area (Å²) in [6.45, 7) is 1.79. The monoisotopic (exact) mass is 413 g/mol. The predicted octanol–water partition coefficient (Wildman–Crippen LogP) is 5.50. The summed E-state index contributed by atoms with van der Waals surface area (Å²) in [6.07, 6.45) is 0.972. The third-order valence-corrected chi connectivity index (χ3v) is 4.61. The van der Waals surface area contributed by atoms with Crippen molar-refractivity contribution in [1.82, 2.24) is 5.32 Å². The Labute approximate surface area is 162 Å². The van der Waals surface area contributed by atoms with Crippen molar-refractivity contribution >= 4 is 15.9 Å². The summed E-state index contributed by atoms with van der Waals surface area (Å²) in [6, 6.07) is 23.0. The molecule has 0 amide bonds. The molecule has 0 aliphatic carbocycles. The molecule has 26 heavy (non-hydrogen) atoms. The highest BCUT2D eigenvalue weighted by atomic mass is 79.9. The lowest BCUT2D eigenvalue weighted by Gasteiger charge is -2.13. The van der Waals surface area contributed by atoms with E-state index in [1.807, 2.05) is 30.3 Å². The van der Waals surface area contributed by atoms with Crippen LogP contribution in [0.4, 0.5) is 4.39 Å². The highest BCUT2D eigenvalue weighted by Gasteiger charge is 2.07. The largest absolute Gasteiger partial charge is 0.488 e. The third-order valence-electron chi connectivity index (χ3n) is 4.11. The number of halogens is 2. The van der Waals surface area contributed by atoms with E-state index < -0.39 is 0 Å². The van der Waals surface area contributed by atoms with Crippen LogP contribution in [0.25, 0.3) is 0 Å². The second kappa shape index (κ2) is 9.51. The first-order valence-corrected chi connectivity index (χ1v) is 9.41. The minimum absolute atomic E-state index is 0.214. The van der Waals surface area contributed by atoms with Crippen LogP contribution in [0.5, 0.6) is 5.75 Å². The Bertz CT molecular complexity index is 839. The van der Waals surface area contributed by atoms with Crippen LogP contribution in [0, 0.1) is 5.82 Å². The van der Waals surface area contributed by atoms with Crippen LogP contribution in [0.3, 0.4) is 0 Å². The summed E-state index contributed by atoms with van der Waals surface area (Å²) in [5, 5.41) is 3.45. The standard InChI is InChI=1S/C22H21BrFNO/c23-20-10-11-22(26-16-18-8-4-5-9-21(18)24)19(14-20)15-25-13-12-17-6-2-1-3-7-17/h1-11,14,25H,12-13,15-16H2. The minimum Gasteiger partial charge on any atom is -0.488 e. The summed E-state index contributed by atoms with van der Waals surface area (Å²) < 4.78 is 20.6. The Kier molecular flexibility index (Phi) is 6.81. The second-order valence-electron chi connectivity index (χ2n) is 6.04. The van der Waals surface area contributed by atoms with Gasteiger partial charge in [0.1, 0.15) is 18.2 Å². The van der Waals surface area contributed by atoms with Crippen LogP contribution in [-0.4, -0.2) is 6.54 Å². The summed E-state index contributed by atoms with van der Waals surface area (Å²) in [5.74, 6) is 0.524. The van der Waals surface area contributed by atoms with Crippen LogP contribution in [-0.2, 0) is 19.6 Å². The average Bonchev–Trinajstić information content (AvgIpc) is 2.66. The molecule has 0 aliphatic rings. The van der Waals surface area contributed by atoms with Crippen molar-refractivity contribution in [2.75, 3.05) is 6.54 Å². The molecule has 4 heteroatoms. The lowest BCUT2D eigenvalue weighted by atomic mass is 10.1. The molecule has 0 aromatic heterocycles. The normalized spacial score (nSPS) is 10.7. The fourth-order valence-corrected chi connectivity index (χ4v) is 3.11. The first-order chi connectivity index (χ1) is 12.7. The van der Waals surface area contributed by atoms with E-state index in [2.05, 4.69) is 45.5 Å². The molecule has 3 aromatic rings. The van der Waals surface area contributed by atoms with Crippen molar-refractivity contribution in [2.24, 2.45) is 0 Å². The lowest BCUT2D eigenvalue weighted by molar-refractivity contribution is 0.296. The van der Waals surface area contributed by atoms with Gasteiger partial charge in [0.15, 0.2) is 0 Å². The quantitative estimate of drug-likeness (QED) is 0.492. The van der Waals surface area contributed by atoms with Crippen LogP contribution in [0.15, 0.2) is 77.3 Å². The topological polar surface area (TPSA) is 21.3 Å². The second-order valence-corrected chi connectivity index (χ2v) is 6.96. The van der Waals surface area contributed by atoms with Crippen LogP contribution >= 0.6 is 15.9 Å². The molecule has 0 heterocycles. The van der Waals surface area contributed by atoms with Crippen LogP contribution < -0.4 is 10.1 Å². The number of benzene rings is 3. The maximum absolute atomic E-state index is 13.8. The highest BCUT2D eigenvalue weighted by molar-refractivity contribution is 9.10. The molecule has 3 aromatic carbocycles. The SMILES string of the molecule is Fc1ccccc1COc1ccc(Br)cc1CNCCc1ccccc1. The first kappa shape index (κ1) is 18.6. The fourth-order valence-electron chi connectivity index (χ4n) is 2.70. The molecule has 134 valence electrons. The molecule has 0 aliphatic heterocycles. The Morgan fingerprint density at radius 3 is 2.46 bits per heavy atom. The minimum atomic E-state index is -0.243. The van der Waals surface area contributed by atoms with Gasteiger partial charge in [-0.25, -0.2) is 4.39 Å². The summed E-state index contributed by atoms with van der Waals surface area (Å²) >= 11 is 3.51. The fraction of sp³-hybridized carbons (Fsp3) is 0.182. The number of nitrogens with one attached hydrogen (secondary N) is 1. The lowest BCUT2D eigenvalue weighted by Crippen LogP contribution is -2.17. The van der Waals surface area contributed by atoms with E-state index in [0.717, 1.165) is 28.8 Å². The van der Waals surface area contributed by atoms with Gasteiger partial charge in [-0.05, 0) is 42.8 Å². The van der Waals surface area contributed by atoms with E-state index in [9.17, 15) is 4.39 Å². The van der Waals surface area contributed by atoms with E-state index in [4.69, 9.17) is 4.74 Å². The Balaban J connectivity index is 1.58. The van der Waals surface area contributed by atoms with Gasteiger partial charge in [-0.2, -0.15) is 0 Å². The highest BCUT2D eigenvalue weighted by Crippen LogP contribution is 2.24. The van der Waals surface area contributed by atoms with E-state index in [1.54, 1.807) is 12.1 Å². The van der Waals surface area contributed by atoms with Gasteiger partial charge in [0.05, 0.1) is 0 Å². The van der Waals surface area contributed by atoms with Gasteiger partial charge >= 0.3 is 0 Å². The van der Waals surface area contributed by atoms with Crippen molar-refractivity contribution < 1.29 is 9.13 Å². The van der Waals surface area contributed by atoms with Crippen molar-refractivity contribution in [3.05, 3.63) is 99.8 Å². The Morgan fingerprint density at radius 2 is 1.65 bits per heavy atom. The molecule has 0 bridgehead atoms. The zero-order valence-corrected chi connectivity index (χ0v) is 16.0.